The van der Waals surface area contributed by atoms with E-state index in [0.29, 0.717) is 11.7 Å². The zero-order chi connectivity index (χ0) is 19.4. The van der Waals surface area contributed by atoms with E-state index in [1.54, 1.807) is 30.5 Å². The van der Waals surface area contributed by atoms with Crippen molar-refractivity contribution in [2.24, 2.45) is 10.7 Å². The maximum absolute atomic E-state index is 11.9. The van der Waals surface area contributed by atoms with Crippen LogP contribution in [-0.2, 0) is 0 Å². The summed E-state index contributed by atoms with van der Waals surface area (Å²) in [5.41, 5.74) is 8.47. The molecule has 7 heteroatoms. The van der Waals surface area contributed by atoms with Gasteiger partial charge in [-0.05, 0) is 53.4 Å². The number of aromatic hydroxyl groups is 1. The van der Waals surface area contributed by atoms with Gasteiger partial charge >= 0.3 is 0 Å². The molecule has 0 bridgehead atoms. The fourth-order valence-electron chi connectivity index (χ4n) is 2.54. The van der Waals surface area contributed by atoms with Crippen LogP contribution < -0.4 is 11.1 Å². The third-order valence-corrected chi connectivity index (χ3v) is 4.07. The lowest BCUT2D eigenvalue weighted by Crippen LogP contribution is -2.12. The van der Waals surface area contributed by atoms with E-state index in [1.165, 1.54) is 5.56 Å². The third kappa shape index (κ3) is 4.33. The van der Waals surface area contributed by atoms with Crippen LogP contribution in [0.2, 0.25) is 0 Å². The molecule has 3 aromatic rings. The minimum atomic E-state index is -0.636. The van der Waals surface area contributed by atoms with E-state index < -0.39 is 5.91 Å². The second-order valence-corrected chi connectivity index (χ2v) is 6.41. The molecule has 0 fully saturated rings. The van der Waals surface area contributed by atoms with Crippen LogP contribution in [0.1, 0.15) is 41.3 Å². The number of nitrogens with zero attached hydrogens (tertiary/aromatic N) is 2. The number of primary amides is 1. The molecule has 3 rings (SSSR count). The Hall–Kier alpha value is -3.61. The highest BCUT2D eigenvalue weighted by atomic mass is 16.3. The lowest BCUT2D eigenvalue weighted by atomic mass is 10.0. The standard InChI is InChI=1S/C20H21N5O2/c1-12(2)14-5-7-15(8-6-14)23-20-17(18(21)27)19(24-25-20)22-11-13-3-9-16(26)10-4-13/h3-12,26H,1-2H3,(H2,21,27)(H2,23,24,25)/b22-11+. The number of nitrogens with two attached hydrogens (primary N) is 1. The monoisotopic (exact) mass is 363 g/mol. The average Bonchev–Trinajstić information content (AvgIpc) is 3.04. The van der Waals surface area contributed by atoms with Gasteiger partial charge in [-0.2, -0.15) is 5.10 Å². The van der Waals surface area contributed by atoms with E-state index in [0.717, 1.165) is 11.3 Å². The number of carbonyl (C=O) groups excluding carboxylic acids is 1. The van der Waals surface area contributed by atoms with Crippen molar-refractivity contribution in [3.05, 3.63) is 65.2 Å². The number of phenols is 1. The van der Waals surface area contributed by atoms with Crippen LogP contribution in [0.5, 0.6) is 5.75 Å². The molecular weight excluding hydrogens is 342 g/mol. The number of benzene rings is 2. The van der Waals surface area contributed by atoms with Gasteiger partial charge in [0.25, 0.3) is 5.91 Å². The molecule has 7 nitrogen and oxygen atoms in total. The third-order valence-electron chi connectivity index (χ3n) is 4.07. The molecule has 0 aliphatic heterocycles. The molecule has 1 heterocycles. The Morgan fingerprint density at radius 1 is 1.19 bits per heavy atom. The average molecular weight is 363 g/mol. The number of hydrogen-bond donors (Lipinski definition) is 4. The van der Waals surface area contributed by atoms with Gasteiger partial charge in [0.15, 0.2) is 11.6 Å². The number of aromatic amines is 1. The van der Waals surface area contributed by atoms with Gasteiger partial charge in [-0.15, -0.1) is 0 Å². The molecule has 0 saturated carbocycles. The minimum absolute atomic E-state index is 0.168. The summed E-state index contributed by atoms with van der Waals surface area (Å²) >= 11 is 0. The maximum Gasteiger partial charge on any atom is 0.256 e. The summed E-state index contributed by atoms with van der Waals surface area (Å²) < 4.78 is 0. The van der Waals surface area contributed by atoms with Crippen molar-refractivity contribution in [3.8, 4) is 5.75 Å². The number of aliphatic imine (C=N–C) groups is 1. The Morgan fingerprint density at radius 2 is 1.85 bits per heavy atom. The van der Waals surface area contributed by atoms with E-state index in [4.69, 9.17) is 5.73 Å². The lowest BCUT2D eigenvalue weighted by molar-refractivity contribution is 0.100. The van der Waals surface area contributed by atoms with Crippen molar-refractivity contribution < 1.29 is 9.90 Å². The van der Waals surface area contributed by atoms with Crippen molar-refractivity contribution in [1.29, 1.82) is 0 Å². The first-order valence-corrected chi connectivity index (χ1v) is 8.52. The SMILES string of the molecule is CC(C)c1ccc(Nc2n[nH]c(/N=C/c3ccc(O)cc3)c2C(N)=O)cc1. The Morgan fingerprint density at radius 3 is 2.44 bits per heavy atom. The fourth-order valence-corrected chi connectivity index (χ4v) is 2.54. The van der Waals surface area contributed by atoms with Crippen LogP contribution in [0.4, 0.5) is 17.3 Å². The molecule has 0 radical (unpaired) electrons. The highest BCUT2D eigenvalue weighted by Gasteiger charge is 2.18. The van der Waals surface area contributed by atoms with Gasteiger partial charge < -0.3 is 16.2 Å². The van der Waals surface area contributed by atoms with E-state index in [2.05, 4.69) is 34.4 Å². The molecule has 27 heavy (non-hydrogen) atoms. The molecule has 0 saturated heterocycles. The summed E-state index contributed by atoms with van der Waals surface area (Å²) in [5, 5.41) is 19.3. The Balaban J connectivity index is 1.84. The van der Waals surface area contributed by atoms with Crippen LogP contribution in [-0.4, -0.2) is 27.4 Å². The summed E-state index contributed by atoms with van der Waals surface area (Å²) in [5.74, 6) is 0.547. The highest BCUT2D eigenvalue weighted by Crippen LogP contribution is 2.27. The van der Waals surface area contributed by atoms with Crippen LogP contribution in [0.25, 0.3) is 0 Å². The van der Waals surface area contributed by atoms with E-state index >= 15 is 0 Å². The molecule has 1 aromatic heterocycles. The lowest BCUT2D eigenvalue weighted by Gasteiger charge is -2.08. The summed E-state index contributed by atoms with van der Waals surface area (Å²) in [6.07, 6.45) is 1.56. The maximum atomic E-state index is 11.9. The van der Waals surface area contributed by atoms with Crippen LogP contribution in [0.15, 0.2) is 53.5 Å². The van der Waals surface area contributed by atoms with Crippen LogP contribution >= 0.6 is 0 Å². The molecule has 0 atom stereocenters. The Labute approximate surface area is 157 Å². The molecule has 2 aromatic carbocycles. The van der Waals surface area contributed by atoms with Gasteiger partial charge in [0.2, 0.25) is 0 Å². The topological polar surface area (TPSA) is 116 Å². The van der Waals surface area contributed by atoms with Crippen molar-refractivity contribution in [3.63, 3.8) is 0 Å². The molecule has 138 valence electrons. The molecule has 1 amide bonds. The number of rotatable bonds is 6. The fraction of sp³-hybridized carbons (Fsp3) is 0.150. The summed E-state index contributed by atoms with van der Waals surface area (Å²) in [4.78, 5) is 16.2. The van der Waals surface area contributed by atoms with E-state index in [1.807, 2.05) is 24.3 Å². The number of aromatic nitrogens is 2. The molecule has 0 aliphatic rings. The van der Waals surface area contributed by atoms with Gasteiger partial charge in [0.1, 0.15) is 11.3 Å². The molecule has 0 unspecified atom stereocenters. The number of hydrogen-bond acceptors (Lipinski definition) is 5. The Kier molecular flexibility index (Phi) is 5.21. The first-order valence-electron chi connectivity index (χ1n) is 8.52. The van der Waals surface area contributed by atoms with E-state index in [-0.39, 0.29) is 17.1 Å². The first-order chi connectivity index (χ1) is 12.9. The largest absolute Gasteiger partial charge is 0.508 e. The molecule has 0 aliphatic carbocycles. The molecule has 0 spiro atoms. The zero-order valence-corrected chi connectivity index (χ0v) is 15.1. The number of H-pyrrole nitrogens is 1. The van der Waals surface area contributed by atoms with E-state index in [9.17, 15) is 9.90 Å². The first kappa shape index (κ1) is 18.2. The second kappa shape index (κ2) is 7.74. The van der Waals surface area contributed by atoms with Crippen molar-refractivity contribution in [1.82, 2.24) is 10.2 Å². The predicted octanol–water partition coefficient (Wildman–Crippen LogP) is 3.83. The zero-order valence-electron chi connectivity index (χ0n) is 15.1. The van der Waals surface area contributed by atoms with Gasteiger partial charge in [-0.1, -0.05) is 26.0 Å². The highest BCUT2D eigenvalue weighted by molar-refractivity contribution is 6.03. The Bertz CT molecular complexity index is 957. The summed E-state index contributed by atoms with van der Waals surface area (Å²) in [6.45, 7) is 4.25. The number of amides is 1. The van der Waals surface area contributed by atoms with Crippen LogP contribution in [0.3, 0.4) is 0 Å². The second-order valence-electron chi connectivity index (χ2n) is 6.41. The normalized spacial score (nSPS) is 11.2. The summed E-state index contributed by atoms with van der Waals surface area (Å²) in [6, 6.07) is 14.4. The quantitative estimate of drug-likeness (QED) is 0.498. The smallest absolute Gasteiger partial charge is 0.256 e. The van der Waals surface area contributed by atoms with Gasteiger partial charge in [-0.25, -0.2) is 4.99 Å². The summed E-state index contributed by atoms with van der Waals surface area (Å²) in [7, 11) is 0. The predicted molar refractivity (Wildman–Crippen MR) is 106 cm³/mol. The van der Waals surface area contributed by atoms with Crippen molar-refractivity contribution in [2.75, 3.05) is 5.32 Å². The van der Waals surface area contributed by atoms with Crippen LogP contribution in [0, 0.1) is 0 Å². The molecular formula is C20H21N5O2. The van der Waals surface area contributed by atoms with Gasteiger partial charge in [-0.3, -0.25) is 9.89 Å². The molecule has 5 N–H and O–H groups in total. The number of nitrogens with one attached hydrogen (secondary N) is 2. The number of phenolic OH excluding ortho intramolecular Hbond substituents is 1. The number of carbonyl (C=O) groups is 1. The van der Waals surface area contributed by atoms with Gasteiger partial charge in [0.05, 0.1) is 0 Å². The van der Waals surface area contributed by atoms with Gasteiger partial charge in [0, 0.05) is 11.9 Å². The van der Waals surface area contributed by atoms with Crippen molar-refractivity contribution >= 4 is 29.4 Å². The van der Waals surface area contributed by atoms with Crippen molar-refractivity contribution in [2.45, 2.75) is 19.8 Å². The minimum Gasteiger partial charge on any atom is -0.508 e. The number of anilines is 2.